The average molecular weight is 422 g/mol. The Kier molecular flexibility index (Phi) is 6.43. The first-order chi connectivity index (χ1) is 12.2. The molecule has 0 bridgehead atoms. The lowest BCUT2D eigenvalue weighted by Crippen LogP contribution is -2.27. The van der Waals surface area contributed by atoms with Gasteiger partial charge in [-0.25, -0.2) is 9.37 Å². The quantitative estimate of drug-likeness (QED) is 0.739. The third-order valence-electron chi connectivity index (χ3n) is 4.11. The number of halogens is 5. The maximum Gasteiger partial charge on any atom is 0.487 e. The van der Waals surface area contributed by atoms with E-state index >= 15 is 0 Å². The lowest BCUT2D eigenvalue weighted by molar-refractivity contribution is -0.0964. The molecule has 1 aromatic heterocycles. The fourth-order valence-electron chi connectivity index (χ4n) is 2.97. The fourth-order valence-corrected chi connectivity index (χ4v) is 3.06. The van der Waals surface area contributed by atoms with Crippen molar-refractivity contribution >= 4 is 35.7 Å². The molecule has 0 aliphatic carbocycles. The average Bonchev–Trinajstić information content (AvgIpc) is 2.96. The van der Waals surface area contributed by atoms with E-state index in [-0.39, 0.29) is 23.7 Å². The lowest BCUT2D eigenvalue weighted by Gasteiger charge is -2.27. The van der Waals surface area contributed by atoms with E-state index in [9.17, 15) is 18.0 Å². The summed E-state index contributed by atoms with van der Waals surface area (Å²) < 4.78 is 44.1. The molecular weight excluding hydrogens is 406 g/mol. The maximum absolute atomic E-state index is 14.5. The summed E-state index contributed by atoms with van der Waals surface area (Å²) in [4.78, 5) is 17.1. The van der Waals surface area contributed by atoms with E-state index in [1.165, 1.54) is 36.5 Å². The molecule has 2 heterocycles. The van der Waals surface area contributed by atoms with Crippen LogP contribution in [0.1, 0.15) is 28.4 Å². The molecule has 10 heteroatoms. The van der Waals surface area contributed by atoms with Gasteiger partial charge in [0, 0.05) is 24.3 Å². The number of ether oxygens (including phenoxy) is 1. The molecule has 1 aliphatic rings. The molecule has 3 rings (SSSR count). The smallest absolute Gasteiger partial charge is 0.420 e. The van der Waals surface area contributed by atoms with Crippen molar-refractivity contribution in [3.8, 4) is 5.75 Å². The molecule has 5 nitrogen and oxygen atoms in total. The van der Waals surface area contributed by atoms with Crippen LogP contribution in [0.3, 0.4) is 0 Å². The van der Waals surface area contributed by atoms with Gasteiger partial charge in [0.15, 0.2) is 0 Å². The molecule has 1 aliphatic heterocycles. The normalized spacial score (nSPS) is 19.5. The number of anilines is 1. The van der Waals surface area contributed by atoms with Crippen molar-refractivity contribution in [3.05, 3.63) is 53.7 Å². The van der Waals surface area contributed by atoms with Crippen LogP contribution in [0.2, 0.25) is 0 Å². The number of rotatable bonds is 5. The van der Waals surface area contributed by atoms with Crippen LogP contribution in [0.25, 0.3) is 0 Å². The Balaban J connectivity index is 0.00000261. The highest BCUT2D eigenvalue weighted by Gasteiger charge is 2.36. The number of carbonyl (C=O) groups is 1. The number of primary amides is 1. The van der Waals surface area contributed by atoms with Crippen LogP contribution in [-0.2, 0) is 0 Å². The number of benzene rings is 1. The van der Waals surface area contributed by atoms with Crippen LogP contribution in [0.15, 0.2) is 42.6 Å². The van der Waals surface area contributed by atoms with Crippen LogP contribution < -0.4 is 15.4 Å². The van der Waals surface area contributed by atoms with Crippen molar-refractivity contribution in [1.29, 1.82) is 0 Å². The van der Waals surface area contributed by atoms with Gasteiger partial charge in [-0.2, -0.15) is 0 Å². The Hall–Kier alpha value is -2.19. The van der Waals surface area contributed by atoms with Crippen LogP contribution in [-0.4, -0.2) is 29.2 Å². The predicted octanol–water partition coefficient (Wildman–Crippen LogP) is 4.06. The van der Waals surface area contributed by atoms with Gasteiger partial charge in [0.1, 0.15) is 17.7 Å². The minimum atomic E-state index is -3.81. The summed E-state index contributed by atoms with van der Waals surface area (Å²) in [6.07, 6.45) is 0.468. The van der Waals surface area contributed by atoms with E-state index in [4.69, 9.17) is 17.3 Å². The third-order valence-corrected chi connectivity index (χ3v) is 4.18. The van der Waals surface area contributed by atoms with Gasteiger partial charge in [-0.05, 0) is 36.2 Å². The zero-order valence-electron chi connectivity index (χ0n) is 13.8. The highest BCUT2D eigenvalue weighted by atomic mass is 35.5. The number of alkyl halides is 4. The van der Waals surface area contributed by atoms with Crippen LogP contribution in [0, 0.1) is 0 Å². The molecule has 1 amide bonds. The minimum absolute atomic E-state index is 0. The molecule has 0 saturated carbocycles. The molecule has 2 unspecified atom stereocenters. The minimum Gasteiger partial charge on any atom is -0.420 e. The second kappa shape index (κ2) is 8.22. The van der Waals surface area contributed by atoms with Gasteiger partial charge in [-0.15, -0.1) is 21.2 Å². The first-order valence-corrected chi connectivity index (χ1v) is 8.14. The summed E-state index contributed by atoms with van der Waals surface area (Å²) in [6.45, 7) is 0.423. The predicted molar refractivity (Wildman–Crippen MR) is 97.5 cm³/mol. The Morgan fingerprint density at radius 2 is 1.93 bits per heavy atom. The van der Waals surface area contributed by atoms with Gasteiger partial charge < -0.3 is 15.4 Å². The highest BCUT2D eigenvalue weighted by molar-refractivity contribution is 6.20. The molecule has 2 atom stereocenters. The Morgan fingerprint density at radius 3 is 2.44 bits per heavy atom. The number of amides is 1. The number of nitrogens with two attached hydrogens (primary N) is 1. The fraction of sp³-hybridized carbons (Fsp3) is 0.294. The molecule has 0 radical (unpaired) electrons. The molecule has 0 spiro atoms. The molecular formula is C17H16Cl2F3N3O2. The van der Waals surface area contributed by atoms with Crippen LogP contribution in [0.4, 0.5) is 19.0 Å². The molecule has 2 N–H and O–H groups in total. The van der Waals surface area contributed by atoms with Gasteiger partial charge in [-0.1, -0.05) is 12.1 Å². The van der Waals surface area contributed by atoms with Crippen molar-refractivity contribution in [1.82, 2.24) is 4.98 Å². The summed E-state index contributed by atoms with van der Waals surface area (Å²) in [7, 11) is 0. The summed E-state index contributed by atoms with van der Waals surface area (Å²) in [5, 5.41) is 0. The lowest BCUT2D eigenvalue weighted by atomic mass is 10.0. The van der Waals surface area contributed by atoms with Crippen LogP contribution >= 0.6 is 24.0 Å². The SMILES string of the molecule is Cl.NC(=O)c1ccc(N2CCC(F)C2c2ccc(OC(F)(F)Cl)cc2)nc1. The Bertz CT molecular complexity index is 786. The number of pyridine rings is 1. The van der Waals surface area contributed by atoms with Gasteiger partial charge in [0.25, 0.3) is 0 Å². The number of hydrogen-bond acceptors (Lipinski definition) is 4. The summed E-state index contributed by atoms with van der Waals surface area (Å²) in [5.74, 6) is -0.234. The molecule has 1 saturated heterocycles. The summed E-state index contributed by atoms with van der Waals surface area (Å²) >= 11 is 4.73. The van der Waals surface area contributed by atoms with E-state index in [0.717, 1.165) is 0 Å². The Labute approximate surface area is 164 Å². The van der Waals surface area contributed by atoms with Crippen LogP contribution in [0.5, 0.6) is 5.75 Å². The van der Waals surface area contributed by atoms with E-state index in [1.54, 1.807) is 11.0 Å². The van der Waals surface area contributed by atoms with Gasteiger partial charge in [0.05, 0.1) is 11.6 Å². The number of hydrogen-bond donors (Lipinski definition) is 1. The number of aromatic nitrogens is 1. The Morgan fingerprint density at radius 1 is 1.26 bits per heavy atom. The zero-order chi connectivity index (χ0) is 18.9. The van der Waals surface area contributed by atoms with Crippen molar-refractivity contribution in [3.63, 3.8) is 0 Å². The second-order valence-corrected chi connectivity index (χ2v) is 6.27. The molecule has 2 aromatic rings. The van der Waals surface area contributed by atoms with E-state index in [2.05, 4.69) is 9.72 Å². The standard InChI is InChI=1S/C17H15ClF3N3O2.ClH/c18-17(20,21)26-12-4-1-10(2-5-12)15-13(19)7-8-24(15)14-6-3-11(9-23-14)16(22)25;/h1-6,9,13,15H,7-8H2,(H2,22,25);1H. The van der Waals surface area contributed by atoms with Gasteiger partial charge in [0.2, 0.25) is 5.91 Å². The third kappa shape index (κ3) is 4.95. The molecule has 1 fully saturated rings. The number of nitrogens with zero attached hydrogens (tertiary/aromatic N) is 2. The van der Waals surface area contributed by atoms with Gasteiger partial charge in [-0.3, -0.25) is 4.79 Å². The zero-order valence-corrected chi connectivity index (χ0v) is 15.4. The monoisotopic (exact) mass is 421 g/mol. The van der Waals surface area contributed by atoms with Crippen molar-refractivity contribution < 1.29 is 22.7 Å². The maximum atomic E-state index is 14.5. The summed E-state index contributed by atoms with van der Waals surface area (Å²) in [6, 6.07) is 8.10. The molecule has 27 heavy (non-hydrogen) atoms. The highest BCUT2D eigenvalue weighted by Crippen LogP contribution is 2.38. The largest absolute Gasteiger partial charge is 0.487 e. The van der Waals surface area contributed by atoms with E-state index in [0.29, 0.717) is 24.3 Å². The van der Waals surface area contributed by atoms with Crippen molar-refractivity contribution in [2.45, 2.75) is 24.2 Å². The first kappa shape index (κ1) is 21.1. The number of carbonyl (C=O) groups excluding carboxylic acids is 1. The van der Waals surface area contributed by atoms with E-state index < -0.39 is 23.7 Å². The molecule has 1 aromatic carbocycles. The first-order valence-electron chi connectivity index (χ1n) is 7.77. The summed E-state index contributed by atoms with van der Waals surface area (Å²) in [5.41, 5.74) is 2.22. The van der Waals surface area contributed by atoms with Crippen molar-refractivity contribution in [2.24, 2.45) is 5.73 Å². The molecule has 146 valence electrons. The van der Waals surface area contributed by atoms with Gasteiger partial charge >= 0.3 is 5.57 Å². The topological polar surface area (TPSA) is 68.5 Å². The van der Waals surface area contributed by atoms with Crippen molar-refractivity contribution in [2.75, 3.05) is 11.4 Å². The second-order valence-electron chi connectivity index (χ2n) is 5.83. The van der Waals surface area contributed by atoms with E-state index in [1.807, 2.05) is 0 Å².